The number of aromatic amines is 1. The Balaban J connectivity index is 1.58. The van der Waals surface area contributed by atoms with Gasteiger partial charge in [-0.15, -0.1) is 0 Å². The van der Waals surface area contributed by atoms with Crippen LogP contribution in [0.5, 0.6) is 0 Å². The third-order valence-electron chi connectivity index (χ3n) is 5.06. The normalized spacial score (nSPS) is 15.1. The number of aromatic nitrogens is 2. The molecule has 7 nitrogen and oxygen atoms in total. The van der Waals surface area contributed by atoms with E-state index >= 15 is 0 Å². The largest absolute Gasteiger partial charge is 0.322 e. The molecule has 2 N–H and O–H groups in total. The first-order valence-corrected chi connectivity index (χ1v) is 11.5. The number of hydrogen-bond donors (Lipinski definition) is 2. The molecule has 1 aliphatic heterocycles. The van der Waals surface area contributed by atoms with Crippen molar-refractivity contribution in [2.45, 2.75) is 24.2 Å². The first-order chi connectivity index (χ1) is 14.4. The van der Waals surface area contributed by atoms with E-state index in [1.807, 2.05) is 24.3 Å². The lowest BCUT2D eigenvalue weighted by Gasteiger charge is -2.26. The minimum absolute atomic E-state index is 0.0371. The van der Waals surface area contributed by atoms with Crippen LogP contribution in [0.25, 0.3) is 11.3 Å². The standard InChI is InChI=1S/C21H21ClN4O3S/c22-18-8-7-16(14-20(18)30(28,29)26-11-2-1-3-12-26)21(27)24-17-6-4-5-15(13-17)19-9-10-23-25-19/h4-10,13-14H,1-3,11-12H2,(H,23,25)(H,24,27). The van der Waals surface area contributed by atoms with E-state index in [-0.39, 0.29) is 15.5 Å². The number of rotatable bonds is 5. The van der Waals surface area contributed by atoms with Gasteiger partial charge in [-0.05, 0) is 49.2 Å². The van der Waals surface area contributed by atoms with E-state index in [2.05, 4.69) is 15.5 Å². The average molecular weight is 445 g/mol. The van der Waals surface area contributed by atoms with E-state index in [1.54, 1.807) is 12.3 Å². The molecule has 2 aromatic carbocycles. The topological polar surface area (TPSA) is 95.2 Å². The van der Waals surface area contributed by atoms with Crippen molar-refractivity contribution < 1.29 is 13.2 Å². The zero-order valence-electron chi connectivity index (χ0n) is 16.1. The summed E-state index contributed by atoms with van der Waals surface area (Å²) in [7, 11) is -3.75. The van der Waals surface area contributed by atoms with Gasteiger partial charge >= 0.3 is 0 Å². The lowest BCUT2D eigenvalue weighted by atomic mass is 10.1. The van der Waals surface area contributed by atoms with E-state index in [0.29, 0.717) is 18.8 Å². The highest BCUT2D eigenvalue weighted by molar-refractivity contribution is 7.89. The first kappa shape index (κ1) is 20.6. The van der Waals surface area contributed by atoms with Crippen LogP contribution in [-0.2, 0) is 10.0 Å². The van der Waals surface area contributed by atoms with Crippen LogP contribution in [-0.4, -0.2) is 41.9 Å². The van der Waals surface area contributed by atoms with Crippen molar-refractivity contribution >= 4 is 33.2 Å². The van der Waals surface area contributed by atoms with Crippen molar-refractivity contribution in [1.82, 2.24) is 14.5 Å². The monoisotopic (exact) mass is 444 g/mol. The number of sulfonamides is 1. The Morgan fingerprint density at radius 3 is 2.60 bits per heavy atom. The van der Waals surface area contributed by atoms with Crippen molar-refractivity contribution in [2.75, 3.05) is 18.4 Å². The van der Waals surface area contributed by atoms with Gasteiger partial charge < -0.3 is 5.32 Å². The molecule has 1 fully saturated rings. The number of halogens is 1. The minimum atomic E-state index is -3.75. The summed E-state index contributed by atoms with van der Waals surface area (Å²) in [5, 5.41) is 9.73. The number of nitrogens with one attached hydrogen (secondary N) is 2. The van der Waals surface area contributed by atoms with Gasteiger partial charge in [0.15, 0.2) is 0 Å². The number of carbonyl (C=O) groups is 1. The van der Waals surface area contributed by atoms with Crippen molar-refractivity contribution in [3.8, 4) is 11.3 Å². The fourth-order valence-corrected chi connectivity index (χ4v) is 5.49. The van der Waals surface area contributed by atoms with Crippen LogP contribution in [0.1, 0.15) is 29.6 Å². The maximum absolute atomic E-state index is 13.0. The van der Waals surface area contributed by atoms with E-state index in [0.717, 1.165) is 30.5 Å². The Kier molecular flexibility index (Phi) is 5.90. The van der Waals surface area contributed by atoms with Gasteiger partial charge in [0.05, 0.1) is 10.7 Å². The van der Waals surface area contributed by atoms with E-state index in [9.17, 15) is 13.2 Å². The molecule has 1 saturated heterocycles. The fourth-order valence-electron chi connectivity index (χ4n) is 3.47. The molecule has 1 amide bonds. The molecule has 0 bridgehead atoms. The summed E-state index contributed by atoms with van der Waals surface area (Å²) in [5.74, 6) is -0.413. The maximum Gasteiger partial charge on any atom is 0.255 e. The van der Waals surface area contributed by atoms with Crippen LogP contribution in [0.4, 0.5) is 5.69 Å². The Bertz CT molecular complexity index is 1160. The van der Waals surface area contributed by atoms with Gasteiger partial charge in [0.2, 0.25) is 10.0 Å². The smallest absolute Gasteiger partial charge is 0.255 e. The SMILES string of the molecule is O=C(Nc1cccc(-c2ccn[nH]2)c1)c1ccc(Cl)c(S(=O)(=O)N2CCCCC2)c1. The summed E-state index contributed by atoms with van der Waals surface area (Å²) in [6, 6.07) is 13.4. The molecule has 2 heterocycles. The molecule has 0 saturated carbocycles. The van der Waals surface area contributed by atoms with E-state index in [1.165, 1.54) is 22.5 Å². The number of anilines is 1. The number of benzene rings is 2. The molecule has 0 radical (unpaired) electrons. The lowest BCUT2D eigenvalue weighted by Crippen LogP contribution is -2.35. The van der Waals surface area contributed by atoms with Crippen LogP contribution in [0.15, 0.2) is 59.6 Å². The number of carbonyl (C=O) groups excluding carboxylic acids is 1. The molecule has 4 rings (SSSR count). The summed E-state index contributed by atoms with van der Waals surface area (Å²) in [4.78, 5) is 12.8. The van der Waals surface area contributed by atoms with Crippen LogP contribution < -0.4 is 5.32 Å². The highest BCUT2D eigenvalue weighted by Crippen LogP contribution is 2.28. The summed E-state index contributed by atoms with van der Waals surface area (Å²) in [6.45, 7) is 0.935. The molecule has 1 aliphatic rings. The van der Waals surface area contributed by atoms with Crippen molar-refractivity contribution in [3.05, 3.63) is 65.3 Å². The number of nitrogens with zero attached hydrogens (tertiary/aromatic N) is 2. The zero-order chi connectivity index (χ0) is 21.1. The average Bonchev–Trinajstić information content (AvgIpc) is 3.30. The van der Waals surface area contributed by atoms with Crippen LogP contribution in [0, 0.1) is 0 Å². The van der Waals surface area contributed by atoms with Crippen molar-refractivity contribution in [3.63, 3.8) is 0 Å². The van der Waals surface area contributed by atoms with Crippen LogP contribution >= 0.6 is 11.6 Å². The van der Waals surface area contributed by atoms with Gasteiger partial charge in [0, 0.05) is 36.1 Å². The number of amides is 1. The molecule has 0 atom stereocenters. The second kappa shape index (κ2) is 8.59. The number of piperidine rings is 1. The Morgan fingerprint density at radius 2 is 1.87 bits per heavy atom. The lowest BCUT2D eigenvalue weighted by molar-refractivity contribution is 0.102. The fraction of sp³-hybridized carbons (Fsp3) is 0.238. The second-order valence-corrected chi connectivity index (χ2v) is 9.43. The van der Waals surface area contributed by atoms with Gasteiger partial charge in [-0.1, -0.05) is 30.2 Å². The third kappa shape index (κ3) is 4.26. The predicted molar refractivity (Wildman–Crippen MR) is 116 cm³/mol. The van der Waals surface area contributed by atoms with Gasteiger partial charge in [0.25, 0.3) is 5.91 Å². The van der Waals surface area contributed by atoms with Gasteiger partial charge in [0.1, 0.15) is 4.90 Å². The van der Waals surface area contributed by atoms with E-state index < -0.39 is 15.9 Å². The van der Waals surface area contributed by atoms with Gasteiger partial charge in [-0.2, -0.15) is 9.40 Å². The first-order valence-electron chi connectivity index (χ1n) is 9.66. The van der Waals surface area contributed by atoms with Crippen LogP contribution in [0.3, 0.4) is 0 Å². The quantitative estimate of drug-likeness (QED) is 0.617. The Hall–Kier alpha value is -2.68. The summed E-state index contributed by atoms with van der Waals surface area (Å²) in [5.41, 5.74) is 2.51. The molecule has 1 aromatic heterocycles. The molecule has 9 heteroatoms. The third-order valence-corrected chi connectivity index (χ3v) is 7.44. The minimum Gasteiger partial charge on any atom is -0.322 e. The van der Waals surface area contributed by atoms with Gasteiger partial charge in [-0.25, -0.2) is 8.42 Å². The molecule has 0 unspecified atom stereocenters. The number of hydrogen-bond acceptors (Lipinski definition) is 4. The zero-order valence-corrected chi connectivity index (χ0v) is 17.7. The van der Waals surface area contributed by atoms with Gasteiger partial charge in [-0.3, -0.25) is 9.89 Å². The predicted octanol–water partition coefficient (Wildman–Crippen LogP) is 4.16. The summed E-state index contributed by atoms with van der Waals surface area (Å²) >= 11 is 6.20. The van der Waals surface area contributed by atoms with E-state index in [4.69, 9.17) is 11.6 Å². The highest BCUT2D eigenvalue weighted by atomic mass is 35.5. The molecular formula is C21H21ClN4O3S. The summed E-state index contributed by atoms with van der Waals surface area (Å²) in [6.07, 6.45) is 4.31. The Morgan fingerprint density at radius 1 is 1.07 bits per heavy atom. The van der Waals surface area contributed by atoms with Crippen LogP contribution in [0.2, 0.25) is 5.02 Å². The molecule has 156 valence electrons. The second-order valence-electron chi connectivity index (χ2n) is 7.12. The van der Waals surface area contributed by atoms with Crippen molar-refractivity contribution in [2.24, 2.45) is 0 Å². The number of H-pyrrole nitrogens is 1. The molecule has 0 aliphatic carbocycles. The summed E-state index contributed by atoms with van der Waals surface area (Å²) < 4.78 is 27.5. The maximum atomic E-state index is 13.0. The molecule has 3 aromatic rings. The molecular weight excluding hydrogens is 424 g/mol. The molecule has 30 heavy (non-hydrogen) atoms. The van der Waals surface area contributed by atoms with Crippen molar-refractivity contribution in [1.29, 1.82) is 0 Å². The highest BCUT2D eigenvalue weighted by Gasteiger charge is 2.28. The molecule has 0 spiro atoms. The Labute approximate surface area is 180 Å².